The van der Waals surface area contributed by atoms with E-state index in [2.05, 4.69) is 37.2 Å². The first-order valence-corrected chi connectivity index (χ1v) is 18.9. The zero-order chi connectivity index (χ0) is 35.0. The Balaban J connectivity index is 1.46. The zero-order valence-corrected chi connectivity index (χ0v) is 30.2. The maximum absolute atomic E-state index is 12.3. The number of esters is 2. The Morgan fingerprint density at radius 3 is 1.61 bits per heavy atom. The average molecular weight is 669 g/mol. The largest absolute Gasteiger partial charge is 0.494 e. The Morgan fingerprint density at radius 1 is 0.592 bits per heavy atom. The van der Waals surface area contributed by atoms with Crippen molar-refractivity contribution in [3.05, 3.63) is 61.2 Å². The number of unbranched alkanes of at least 4 members (excludes halogenated alkanes) is 17. The molecule has 0 unspecified atom stereocenters. The molecule has 0 radical (unpaired) electrons. The molecule has 0 aliphatic heterocycles. The van der Waals surface area contributed by atoms with E-state index in [0.717, 1.165) is 81.1 Å². The summed E-state index contributed by atoms with van der Waals surface area (Å²) in [7, 11) is 0. The molecule has 5 heteroatoms. The molecule has 0 bridgehead atoms. The normalized spacial score (nSPS) is 10.3. The molecule has 0 amide bonds. The van der Waals surface area contributed by atoms with Crippen LogP contribution in [-0.2, 0) is 14.3 Å². The molecule has 0 N–H and O–H groups in total. The maximum Gasteiger partial charge on any atom is 0.330 e. The third-order valence-electron chi connectivity index (χ3n) is 8.32. The molecule has 0 spiro atoms. The number of ether oxygens (including phenoxy) is 3. The van der Waals surface area contributed by atoms with E-state index in [1.165, 1.54) is 70.3 Å². The molecule has 2 aromatic rings. The van der Waals surface area contributed by atoms with Crippen LogP contribution in [0.1, 0.15) is 142 Å². The smallest absolute Gasteiger partial charge is 0.330 e. The van der Waals surface area contributed by atoms with Gasteiger partial charge >= 0.3 is 11.9 Å². The van der Waals surface area contributed by atoms with Crippen molar-refractivity contribution >= 4 is 11.9 Å². The predicted octanol–water partition coefficient (Wildman–Crippen LogP) is 11.6. The van der Waals surface area contributed by atoms with Crippen molar-refractivity contribution in [3.63, 3.8) is 0 Å². The fourth-order valence-corrected chi connectivity index (χ4v) is 5.37. The van der Waals surface area contributed by atoms with Gasteiger partial charge in [0, 0.05) is 25.3 Å². The van der Waals surface area contributed by atoms with E-state index in [0.29, 0.717) is 25.4 Å². The van der Waals surface area contributed by atoms with Crippen LogP contribution in [-0.4, -0.2) is 25.2 Å². The highest BCUT2D eigenvalue weighted by molar-refractivity contribution is 5.81. The molecule has 0 aliphatic rings. The van der Waals surface area contributed by atoms with Gasteiger partial charge < -0.3 is 14.2 Å². The van der Waals surface area contributed by atoms with Crippen LogP contribution in [0.4, 0.5) is 0 Å². The van der Waals surface area contributed by atoms with Gasteiger partial charge in [0.25, 0.3) is 0 Å². The Bertz CT molecular complexity index is 1290. The quantitative estimate of drug-likeness (QED) is 0.0312. The van der Waals surface area contributed by atoms with E-state index in [9.17, 15) is 9.59 Å². The summed E-state index contributed by atoms with van der Waals surface area (Å²) in [5, 5.41) is 0. The van der Waals surface area contributed by atoms with Crippen molar-refractivity contribution in [3.8, 4) is 46.3 Å². The first-order chi connectivity index (χ1) is 24.1. The van der Waals surface area contributed by atoms with Crippen molar-refractivity contribution in [2.75, 3.05) is 13.2 Å². The zero-order valence-electron chi connectivity index (χ0n) is 30.2. The number of benzene rings is 2. The van der Waals surface area contributed by atoms with E-state index in [1.54, 1.807) is 0 Å². The highest BCUT2D eigenvalue weighted by Crippen LogP contribution is 2.25. The maximum atomic E-state index is 12.3. The lowest BCUT2D eigenvalue weighted by molar-refractivity contribution is -0.138. The minimum absolute atomic E-state index is 0.177. The second-order valence-corrected chi connectivity index (χ2v) is 12.6. The summed E-state index contributed by atoms with van der Waals surface area (Å²) in [4.78, 5) is 23.3. The molecule has 0 aliphatic carbocycles. The molecule has 0 aromatic heterocycles. The molecular formula is C44H60O5. The fraction of sp³-hybridized carbons (Fsp3) is 0.545. The molecule has 0 atom stereocenters. The van der Waals surface area contributed by atoms with E-state index in [4.69, 9.17) is 14.2 Å². The molecule has 5 nitrogen and oxygen atoms in total. The van der Waals surface area contributed by atoms with Crippen molar-refractivity contribution < 1.29 is 23.8 Å². The second kappa shape index (κ2) is 29.0. The van der Waals surface area contributed by atoms with Gasteiger partial charge in [-0.1, -0.05) is 120 Å². The Labute approximate surface area is 297 Å². The number of rotatable bonds is 27. The number of carbonyl (C=O) groups is 2. The highest BCUT2D eigenvalue weighted by atomic mass is 16.5. The summed E-state index contributed by atoms with van der Waals surface area (Å²) in [6.45, 7) is 6.73. The van der Waals surface area contributed by atoms with Crippen LogP contribution >= 0.6 is 0 Å². The van der Waals surface area contributed by atoms with E-state index in [1.807, 2.05) is 48.5 Å². The third kappa shape index (κ3) is 22.3. The van der Waals surface area contributed by atoms with Gasteiger partial charge in [0.05, 0.1) is 13.2 Å². The van der Waals surface area contributed by atoms with Crippen LogP contribution < -0.4 is 9.47 Å². The lowest BCUT2D eigenvalue weighted by Crippen LogP contribution is -2.07. The molecule has 2 aromatic carbocycles. The van der Waals surface area contributed by atoms with Crippen molar-refractivity contribution in [2.45, 2.75) is 142 Å². The molecule has 0 saturated heterocycles. The monoisotopic (exact) mass is 668 g/mol. The van der Waals surface area contributed by atoms with Gasteiger partial charge in [-0.05, 0) is 92.2 Å². The first-order valence-electron chi connectivity index (χ1n) is 18.9. The summed E-state index contributed by atoms with van der Waals surface area (Å²) < 4.78 is 16.4. The van der Waals surface area contributed by atoms with Gasteiger partial charge in [-0.3, -0.25) is 4.79 Å². The second-order valence-electron chi connectivity index (χ2n) is 12.6. The van der Waals surface area contributed by atoms with Gasteiger partial charge in [0.2, 0.25) is 0 Å². The van der Waals surface area contributed by atoms with E-state index < -0.39 is 0 Å². The minimum atomic E-state index is -0.368. The lowest BCUT2D eigenvalue weighted by Gasteiger charge is -2.09. The first kappa shape index (κ1) is 41.2. The predicted molar refractivity (Wildman–Crippen MR) is 202 cm³/mol. The van der Waals surface area contributed by atoms with Crippen LogP contribution in [0.15, 0.2) is 61.2 Å². The van der Waals surface area contributed by atoms with Crippen LogP contribution in [0, 0.1) is 23.7 Å². The van der Waals surface area contributed by atoms with Crippen LogP contribution in [0.5, 0.6) is 11.5 Å². The Morgan fingerprint density at radius 2 is 1.06 bits per heavy atom. The topological polar surface area (TPSA) is 61.8 Å². The lowest BCUT2D eigenvalue weighted by atomic mass is 10.1. The fourth-order valence-electron chi connectivity index (χ4n) is 5.37. The average Bonchev–Trinajstić information content (AvgIpc) is 3.12. The molecule has 2 rings (SSSR count). The van der Waals surface area contributed by atoms with Crippen LogP contribution in [0.2, 0.25) is 0 Å². The Kier molecular flexibility index (Phi) is 24.4. The summed E-state index contributed by atoms with van der Waals surface area (Å²) in [6.07, 6.45) is 24.5. The number of hydrogen-bond donors (Lipinski definition) is 0. The SMILES string of the molecule is C=CC(=O)OCCCCCCOc1ccc(-c2ccc(OC(=O)CCCCCCCCC#CC#CCCCCCCCCCC)cc2)cc1. The van der Waals surface area contributed by atoms with E-state index >= 15 is 0 Å². The summed E-state index contributed by atoms with van der Waals surface area (Å²) in [5.74, 6) is 13.3. The van der Waals surface area contributed by atoms with Gasteiger partial charge in [-0.2, -0.15) is 0 Å². The molecule has 49 heavy (non-hydrogen) atoms. The summed E-state index contributed by atoms with van der Waals surface area (Å²) in [6, 6.07) is 15.7. The van der Waals surface area contributed by atoms with Crippen molar-refractivity contribution in [1.29, 1.82) is 0 Å². The standard InChI is InChI=1S/C44H60O5/c1-3-5-6-7-8-9-10-11-12-13-14-15-16-17-18-19-20-21-22-25-28-44(46)49-42-35-31-40(32-36-42)39-29-33-41(34-30-39)47-37-26-23-24-27-38-48-43(45)4-2/h4,29-36H,2-3,5-12,17-28,37-38H2,1H3. The van der Waals surface area contributed by atoms with Crippen molar-refractivity contribution in [1.82, 2.24) is 0 Å². The Hall–Kier alpha value is -3.96. The number of hydrogen-bond acceptors (Lipinski definition) is 5. The van der Waals surface area contributed by atoms with Gasteiger partial charge in [-0.15, -0.1) is 0 Å². The summed E-state index contributed by atoms with van der Waals surface area (Å²) >= 11 is 0. The molecular weight excluding hydrogens is 608 g/mol. The molecule has 0 saturated carbocycles. The third-order valence-corrected chi connectivity index (χ3v) is 8.32. The minimum Gasteiger partial charge on any atom is -0.494 e. The van der Waals surface area contributed by atoms with Crippen LogP contribution in [0.3, 0.4) is 0 Å². The highest BCUT2D eigenvalue weighted by Gasteiger charge is 2.06. The number of carbonyl (C=O) groups excluding carboxylic acids is 2. The van der Waals surface area contributed by atoms with Gasteiger partial charge in [0.15, 0.2) is 0 Å². The van der Waals surface area contributed by atoms with Crippen LogP contribution in [0.25, 0.3) is 11.1 Å². The molecule has 0 heterocycles. The molecule has 266 valence electrons. The van der Waals surface area contributed by atoms with Gasteiger partial charge in [-0.25, -0.2) is 4.79 Å². The van der Waals surface area contributed by atoms with E-state index in [-0.39, 0.29) is 11.9 Å². The van der Waals surface area contributed by atoms with Crippen molar-refractivity contribution in [2.24, 2.45) is 0 Å². The molecule has 0 fully saturated rings. The summed E-state index contributed by atoms with van der Waals surface area (Å²) in [5.41, 5.74) is 2.13. The van der Waals surface area contributed by atoms with Gasteiger partial charge in [0.1, 0.15) is 11.5 Å².